The molecule has 5 rings (SSSR count). The van der Waals surface area contributed by atoms with Crippen LogP contribution in [0.15, 0.2) is 47.7 Å². The van der Waals surface area contributed by atoms with Crippen LogP contribution < -0.4 is 10.5 Å². The number of fused-ring (bicyclic) bond motifs is 2. The lowest BCUT2D eigenvalue weighted by Gasteiger charge is -2.41. The van der Waals surface area contributed by atoms with Crippen molar-refractivity contribution >= 4 is 17.5 Å². The van der Waals surface area contributed by atoms with Crippen LogP contribution in [0.1, 0.15) is 25.0 Å². The molecule has 1 aliphatic carbocycles. The predicted octanol–water partition coefficient (Wildman–Crippen LogP) is 3.61. The fourth-order valence-corrected chi connectivity index (χ4v) is 5.05. The molecule has 2 aromatic heterocycles. The fourth-order valence-electron chi connectivity index (χ4n) is 4.81. The summed E-state index contributed by atoms with van der Waals surface area (Å²) in [6.07, 6.45) is 5.20. The highest BCUT2D eigenvalue weighted by Crippen LogP contribution is 2.35. The Kier molecular flexibility index (Phi) is 4.62. The molecule has 6 nitrogen and oxygen atoms in total. The third-order valence-corrected chi connectivity index (χ3v) is 6.36. The van der Waals surface area contributed by atoms with Crippen molar-refractivity contribution in [2.24, 2.45) is 11.3 Å². The summed E-state index contributed by atoms with van der Waals surface area (Å²) in [7, 11) is 0. The molecule has 0 radical (unpaired) electrons. The second-order valence-electron chi connectivity index (χ2n) is 9.15. The highest BCUT2D eigenvalue weighted by Gasteiger charge is 2.35. The molecule has 3 aromatic rings. The van der Waals surface area contributed by atoms with Crippen LogP contribution in [0.4, 0.5) is 5.95 Å². The van der Waals surface area contributed by atoms with Gasteiger partial charge < -0.3 is 4.90 Å². The summed E-state index contributed by atoms with van der Waals surface area (Å²) >= 11 is 6.46. The molecular weight excluding hydrogens is 398 g/mol. The van der Waals surface area contributed by atoms with Crippen LogP contribution in [0.3, 0.4) is 0 Å². The van der Waals surface area contributed by atoms with E-state index in [0.717, 1.165) is 25.9 Å². The third-order valence-electron chi connectivity index (χ3n) is 6.02. The van der Waals surface area contributed by atoms with Gasteiger partial charge in [-0.1, -0.05) is 49.7 Å². The molecule has 0 N–H and O–H groups in total. The van der Waals surface area contributed by atoms with Crippen molar-refractivity contribution in [1.29, 1.82) is 0 Å². The Labute approximate surface area is 180 Å². The SMILES string of the molecule is CC1(C)CN(CC2Cc3ccccc3C2)c2nc(-c3ccncn3)c(Cl)c(=O)n2C1. The Morgan fingerprint density at radius 3 is 2.53 bits per heavy atom. The van der Waals surface area contributed by atoms with Crippen molar-refractivity contribution in [1.82, 2.24) is 19.5 Å². The minimum absolute atomic E-state index is 0.0519. The van der Waals surface area contributed by atoms with Gasteiger partial charge in [-0.25, -0.2) is 15.0 Å². The van der Waals surface area contributed by atoms with Gasteiger partial charge in [-0.05, 0) is 36.0 Å². The van der Waals surface area contributed by atoms with E-state index in [4.69, 9.17) is 16.6 Å². The van der Waals surface area contributed by atoms with E-state index >= 15 is 0 Å². The minimum Gasteiger partial charge on any atom is -0.341 e. The smallest absolute Gasteiger partial charge is 0.274 e. The van der Waals surface area contributed by atoms with E-state index in [1.54, 1.807) is 16.8 Å². The maximum atomic E-state index is 13.2. The number of anilines is 1. The molecule has 0 fully saturated rings. The highest BCUT2D eigenvalue weighted by molar-refractivity contribution is 6.32. The lowest BCUT2D eigenvalue weighted by molar-refractivity contribution is 0.268. The fraction of sp³-hybridized carbons (Fsp3) is 0.391. The zero-order chi connectivity index (χ0) is 20.9. The number of nitrogens with zero attached hydrogens (tertiary/aromatic N) is 5. The van der Waals surface area contributed by atoms with Crippen LogP contribution in [-0.4, -0.2) is 32.6 Å². The molecule has 0 spiro atoms. The summed E-state index contributed by atoms with van der Waals surface area (Å²) < 4.78 is 1.73. The van der Waals surface area contributed by atoms with E-state index in [2.05, 4.69) is 53.0 Å². The number of rotatable bonds is 3. The van der Waals surface area contributed by atoms with Gasteiger partial charge in [-0.15, -0.1) is 0 Å². The number of hydrogen-bond donors (Lipinski definition) is 0. The van der Waals surface area contributed by atoms with Crippen LogP contribution in [-0.2, 0) is 19.4 Å². The molecule has 3 heterocycles. The van der Waals surface area contributed by atoms with Crippen molar-refractivity contribution in [3.63, 3.8) is 0 Å². The van der Waals surface area contributed by atoms with Gasteiger partial charge in [0, 0.05) is 31.2 Å². The first-order chi connectivity index (χ1) is 14.4. The van der Waals surface area contributed by atoms with Gasteiger partial charge >= 0.3 is 0 Å². The molecule has 30 heavy (non-hydrogen) atoms. The van der Waals surface area contributed by atoms with E-state index in [1.807, 2.05) is 0 Å². The number of benzene rings is 1. The Morgan fingerprint density at radius 2 is 1.87 bits per heavy atom. The van der Waals surface area contributed by atoms with Crippen molar-refractivity contribution in [2.75, 3.05) is 18.0 Å². The maximum Gasteiger partial charge on any atom is 0.274 e. The largest absolute Gasteiger partial charge is 0.341 e. The normalized spacial score (nSPS) is 17.6. The molecule has 1 aliphatic heterocycles. The Hall–Kier alpha value is -2.73. The van der Waals surface area contributed by atoms with Gasteiger partial charge in [0.1, 0.15) is 17.0 Å². The number of hydrogen-bond acceptors (Lipinski definition) is 5. The van der Waals surface area contributed by atoms with Crippen molar-refractivity contribution in [3.8, 4) is 11.4 Å². The van der Waals surface area contributed by atoms with E-state index in [0.29, 0.717) is 29.8 Å². The van der Waals surface area contributed by atoms with E-state index in [-0.39, 0.29) is 16.0 Å². The maximum absolute atomic E-state index is 13.2. The molecule has 1 aromatic carbocycles. The molecule has 0 saturated heterocycles. The van der Waals surface area contributed by atoms with Crippen LogP contribution in [0.5, 0.6) is 0 Å². The van der Waals surface area contributed by atoms with Crippen LogP contribution in [0.2, 0.25) is 5.02 Å². The molecule has 0 amide bonds. The zero-order valence-corrected chi connectivity index (χ0v) is 17.9. The summed E-state index contributed by atoms with van der Waals surface area (Å²) in [6.45, 7) is 6.67. The van der Waals surface area contributed by atoms with E-state index < -0.39 is 0 Å². The summed E-state index contributed by atoms with van der Waals surface area (Å²) in [6, 6.07) is 10.4. The Balaban J connectivity index is 1.54. The lowest BCUT2D eigenvalue weighted by atomic mass is 9.90. The molecule has 0 unspecified atom stereocenters. The molecule has 0 saturated carbocycles. The summed E-state index contributed by atoms with van der Waals surface area (Å²) in [5.41, 5.74) is 3.60. The first kappa shape index (κ1) is 19.2. The first-order valence-electron chi connectivity index (χ1n) is 10.3. The van der Waals surface area contributed by atoms with Gasteiger partial charge in [-0.2, -0.15) is 0 Å². The standard InChI is InChI=1S/C23H24ClN5O/c1-23(2)12-28(11-15-9-16-5-3-4-6-17(16)10-15)22-27-20(18-7-8-25-14-26-18)19(24)21(30)29(22)13-23/h3-8,14-15H,9-13H2,1-2H3. The zero-order valence-electron chi connectivity index (χ0n) is 17.2. The van der Waals surface area contributed by atoms with Crippen molar-refractivity contribution < 1.29 is 0 Å². The molecule has 2 aliphatic rings. The molecule has 0 atom stereocenters. The number of halogens is 1. The predicted molar refractivity (Wildman–Crippen MR) is 118 cm³/mol. The van der Waals surface area contributed by atoms with Gasteiger partial charge in [0.2, 0.25) is 5.95 Å². The Bertz CT molecular complexity index is 1130. The average molecular weight is 422 g/mol. The number of aromatic nitrogens is 4. The van der Waals surface area contributed by atoms with Crippen molar-refractivity contribution in [3.05, 3.63) is 69.4 Å². The summed E-state index contributed by atoms with van der Waals surface area (Å²) in [5.74, 6) is 1.19. The second kappa shape index (κ2) is 7.20. The molecular formula is C23H24ClN5O. The quantitative estimate of drug-likeness (QED) is 0.646. The molecule has 7 heteroatoms. The van der Waals surface area contributed by atoms with Crippen LogP contribution >= 0.6 is 11.6 Å². The highest BCUT2D eigenvalue weighted by atomic mass is 35.5. The Morgan fingerprint density at radius 1 is 1.13 bits per heavy atom. The van der Waals surface area contributed by atoms with Gasteiger partial charge in [0.15, 0.2) is 0 Å². The van der Waals surface area contributed by atoms with E-state index in [1.165, 1.54) is 17.5 Å². The van der Waals surface area contributed by atoms with Crippen LogP contribution in [0.25, 0.3) is 11.4 Å². The van der Waals surface area contributed by atoms with Crippen LogP contribution in [0, 0.1) is 11.3 Å². The van der Waals surface area contributed by atoms with Gasteiger partial charge in [0.25, 0.3) is 5.56 Å². The molecule has 154 valence electrons. The minimum atomic E-state index is -0.206. The topological polar surface area (TPSA) is 63.9 Å². The summed E-state index contributed by atoms with van der Waals surface area (Å²) in [5, 5.41) is 0.114. The van der Waals surface area contributed by atoms with Crippen molar-refractivity contribution in [2.45, 2.75) is 33.2 Å². The van der Waals surface area contributed by atoms with Gasteiger partial charge in [0.05, 0.1) is 5.69 Å². The first-order valence-corrected chi connectivity index (χ1v) is 10.7. The second-order valence-corrected chi connectivity index (χ2v) is 9.53. The summed E-state index contributed by atoms with van der Waals surface area (Å²) in [4.78, 5) is 28.5. The van der Waals surface area contributed by atoms with E-state index in [9.17, 15) is 4.79 Å². The monoisotopic (exact) mass is 421 g/mol. The third kappa shape index (κ3) is 3.39. The average Bonchev–Trinajstić information content (AvgIpc) is 3.13. The molecule has 0 bridgehead atoms. The lowest BCUT2D eigenvalue weighted by Crippen LogP contribution is -2.49. The van der Waals surface area contributed by atoms with Gasteiger partial charge in [-0.3, -0.25) is 9.36 Å².